The Balaban J connectivity index is 1.59. The van der Waals surface area contributed by atoms with E-state index in [2.05, 4.69) is 0 Å². The van der Waals surface area contributed by atoms with Gasteiger partial charge in [0.25, 0.3) is 0 Å². The standard InChI is InChI=1S/C32H46N2O5/c1-23-12-5-7-15-29(23)39-30-16-8-6-14-26(30)32(37,17-9-10-19-38-4)25-13-11-18-34(22-25)31(36)24-20-27(33(2)3)28(35)21-24/h5-8,12,14-16,24-25,27-28,35,37H,9-11,13,17-22H2,1-4H3/t24-,25?,27+,28+,32-/m0/s1. The van der Waals surface area contributed by atoms with Gasteiger partial charge in [-0.3, -0.25) is 4.79 Å². The summed E-state index contributed by atoms with van der Waals surface area (Å²) < 4.78 is 11.7. The lowest BCUT2D eigenvalue weighted by molar-refractivity contribution is -0.141. The summed E-state index contributed by atoms with van der Waals surface area (Å²) in [5, 5.41) is 23.1. The van der Waals surface area contributed by atoms with E-state index in [1.807, 2.05) is 79.3 Å². The Morgan fingerprint density at radius 3 is 2.49 bits per heavy atom. The maximum absolute atomic E-state index is 13.6. The summed E-state index contributed by atoms with van der Waals surface area (Å²) in [7, 11) is 5.61. The highest BCUT2D eigenvalue weighted by Gasteiger charge is 2.45. The van der Waals surface area contributed by atoms with Gasteiger partial charge in [-0.15, -0.1) is 0 Å². The minimum absolute atomic E-state index is 0.00252. The minimum Gasteiger partial charge on any atom is -0.457 e. The first-order chi connectivity index (χ1) is 18.7. The van der Waals surface area contributed by atoms with Crippen molar-refractivity contribution in [1.29, 1.82) is 0 Å². The van der Waals surface area contributed by atoms with Crippen molar-refractivity contribution in [2.45, 2.75) is 69.6 Å². The molecule has 4 rings (SSSR count). The van der Waals surface area contributed by atoms with Crippen LogP contribution in [-0.2, 0) is 15.1 Å². The number of benzene rings is 2. The van der Waals surface area contributed by atoms with E-state index in [1.54, 1.807) is 7.11 Å². The van der Waals surface area contributed by atoms with Gasteiger partial charge in [0.2, 0.25) is 5.91 Å². The number of hydrogen-bond acceptors (Lipinski definition) is 6. The lowest BCUT2D eigenvalue weighted by Crippen LogP contribution is -2.49. The molecule has 2 N–H and O–H groups in total. The molecule has 214 valence electrons. The van der Waals surface area contributed by atoms with Crippen molar-refractivity contribution in [3.8, 4) is 11.5 Å². The number of aliphatic hydroxyl groups excluding tert-OH is 1. The number of carbonyl (C=O) groups excluding carboxylic acids is 1. The average molecular weight is 539 g/mol. The number of aliphatic hydroxyl groups is 2. The molecular formula is C32H46N2O5. The van der Waals surface area contributed by atoms with Crippen LogP contribution in [0.4, 0.5) is 0 Å². The van der Waals surface area contributed by atoms with E-state index >= 15 is 0 Å². The Morgan fingerprint density at radius 1 is 1.08 bits per heavy atom. The molecule has 7 heteroatoms. The second-order valence-electron chi connectivity index (χ2n) is 11.6. The van der Waals surface area contributed by atoms with Crippen LogP contribution in [0.2, 0.25) is 0 Å². The van der Waals surface area contributed by atoms with Crippen molar-refractivity contribution in [3.63, 3.8) is 0 Å². The fraction of sp³-hybridized carbons (Fsp3) is 0.594. The Labute approximate surface area is 233 Å². The van der Waals surface area contributed by atoms with Gasteiger partial charge in [0.1, 0.15) is 11.5 Å². The lowest BCUT2D eigenvalue weighted by Gasteiger charge is -2.44. The van der Waals surface area contributed by atoms with Crippen LogP contribution < -0.4 is 4.74 Å². The van der Waals surface area contributed by atoms with E-state index in [0.717, 1.165) is 42.6 Å². The summed E-state index contributed by atoms with van der Waals surface area (Å²) in [6.07, 6.45) is 4.55. The molecule has 1 aliphatic carbocycles. The number of methoxy groups -OCH3 is 1. The first-order valence-corrected chi connectivity index (χ1v) is 14.4. The number of piperidine rings is 1. The second-order valence-corrected chi connectivity index (χ2v) is 11.6. The topological polar surface area (TPSA) is 82.5 Å². The van der Waals surface area contributed by atoms with Crippen LogP contribution in [0.15, 0.2) is 48.5 Å². The number of unbranched alkanes of at least 4 members (excludes halogenated alkanes) is 1. The molecule has 1 saturated heterocycles. The highest BCUT2D eigenvalue weighted by atomic mass is 16.5. The second kappa shape index (κ2) is 13.3. The summed E-state index contributed by atoms with van der Waals surface area (Å²) in [6, 6.07) is 15.7. The third-order valence-corrected chi connectivity index (χ3v) is 8.74. The maximum atomic E-state index is 13.6. The van der Waals surface area contributed by atoms with Crippen LogP contribution in [0.1, 0.15) is 56.1 Å². The van der Waals surface area contributed by atoms with Gasteiger partial charge in [0.15, 0.2) is 0 Å². The third-order valence-electron chi connectivity index (χ3n) is 8.74. The van der Waals surface area contributed by atoms with E-state index in [-0.39, 0.29) is 23.8 Å². The smallest absolute Gasteiger partial charge is 0.225 e. The van der Waals surface area contributed by atoms with E-state index in [4.69, 9.17) is 9.47 Å². The predicted octanol–water partition coefficient (Wildman–Crippen LogP) is 4.73. The van der Waals surface area contributed by atoms with Crippen molar-refractivity contribution in [1.82, 2.24) is 9.80 Å². The molecule has 2 aliphatic rings. The fourth-order valence-corrected chi connectivity index (χ4v) is 6.48. The molecule has 0 radical (unpaired) electrons. The van der Waals surface area contributed by atoms with Crippen molar-refractivity contribution in [2.24, 2.45) is 11.8 Å². The lowest BCUT2D eigenvalue weighted by atomic mass is 9.73. The number of likely N-dealkylation sites (N-methyl/N-ethyl adjacent to an activating group) is 1. The van der Waals surface area contributed by atoms with E-state index in [9.17, 15) is 15.0 Å². The van der Waals surface area contributed by atoms with Crippen LogP contribution in [-0.4, -0.2) is 79.0 Å². The van der Waals surface area contributed by atoms with Crippen LogP contribution in [0, 0.1) is 18.8 Å². The van der Waals surface area contributed by atoms with Crippen molar-refractivity contribution < 1.29 is 24.5 Å². The average Bonchev–Trinajstić information content (AvgIpc) is 3.34. The van der Waals surface area contributed by atoms with Crippen LogP contribution in [0.3, 0.4) is 0 Å². The van der Waals surface area contributed by atoms with Gasteiger partial charge in [0.05, 0.1) is 11.7 Å². The summed E-state index contributed by atoms with van der Waals surface area (Å²) >= 11 is 0. The minimum atomic E-state index is -1.16. The Hall–Kier alpha value is -2.45. The van der Waals surface area contributed by atoms with Gasteiger partial charge in [-0.05, 0) is 83.7 Å². The van der Waals surface area contributed by atoms with Crippen LogP contribution >= 0.6 is 0 Å². The number of amides is 1. The first kappa shape index (κ1) is 29.5. The fourth-order valence-electron chi connectivity index (χ4n) is 6.48. The van der Waals surface area contributed by atoms with E-state index < -0.39 is 11.7 Å². The number of para-hydroxylation sites is 2. The highest BCUT2D eigenvalue weighted by Crippen LogP contribution is 2.45. The first-order valence-electron chi connectivity index (χ1n) is 14.4. The SMILES string of the molecule is COCCCC[C@@](O)(c1ccccc1Oc1ccccc1C)C1CCCN(C(=O)[C@@H]2C[C@@H](O)[C@H](N(C)C)C2)C1. The number of aryl methyl sites for hydroxylation is 1. The number of carbonyl (C=O) groups is 1. The quantitative estimate of drug-likeness (QED) is 0.403. The monoisotopic (exact) mass is 538 g/mol. The highest BCUT2D eigenvalue weighted by molar-refractivity contribution is 5.79. The number of hydrogen-bond donors (Lipinski definition) is 2. The Bertz CT molecular complexity index is 1090. The van der Waals surface area contributed by atoms with Gasteiger partial charge in [-0.1, -0.05) is 36.4 Å². The summed E-state index contributed by atoms with van der Waals surface area (Å²) in [6.45, 7) is 3.84. The number of likely N-dealkylation sites (tertiary alicyclic amines) is 1. The zero-order valence-corrected chi connectivity index (χ0v) is 24.0. The molecule has 0 aromatic heterocycles. The van der Waals surface area contributed by atoms with Crippen LogP contribution in [0.25, 0.3) is 0 Å². The Kier molecular flexibility index (Phi) is 10.0. The molecule has 0 bridgehead atoms. The van der Waals surface area contributed by atoms with Gasteiger partial charge >= 0.3 is 0 Å². The largest absolute Gasteiger partial charge is 0.457 e. The predicted molar refractivity (Wildman–Crippen MR) is 153 cm³/mol. The van der Waals surface area contributed by atoms with Gasteiger partial charge in [-0.25, -0.2) is 0 Å². The van der Waals surface area contributed by atoms with Crippen molar-refractivity contribution in [2.75, 3.05) is 40.9 Å². The molecule has 39 heavy (non-hydrogen) atoms. The molecule has 2 aromatic rings. The van der Waals surface area contributed by atoms with Crippen molar-refractivity contribution >= 4 is 5.91 Å². The third kappa shape index (κ3) is 6.83. The molecule has 1 unspecified atom stereocenters. The molecule has 1 aliphatic heterocycles. The number of rotatable bonds is 11. The van der Waals surface area contributed by atoms with Gasteiger partial charge in [0, 0.05) is 50.2 Å². The molecule has 2 fully saturated rings. The summed E-state index contributed by atoms with van der Waals surface area (Å²) in [5.74, 6) is 1.21. The van der Waals surface area contributed by atoms with Gasteiger partial charge in [-0.2, -0.15) is 0 Å². The number of ether oxygens (including phenoxy) is 2. The maximum Gasteiger partial charge on any atom is 0.225 e. The van der Waals surface area contributed by atoms with Crippen LogP contribution in [0.5, 0.6) is 11.5 Å². The number of nitrogens with zero attached hydrogens (tertiary/aromatic N) is 2. The molecule has 1 heterocycles. The molecular weight excluding hydrogens is 492 g/mol. The van der Waals surface area contributed by atoms with E-state index in [1.165, 1.54) is 0 Å². The van der Waals surface area contributed by atoms with Gasteiger partial charge < -0.3 is 29.5 Å². The van der Waals surface area contributed by atoms with Crippen molar-refractivity contribution in [3.05, 3.63) is 59.7 Å². The molecule has 1 saturated carbocycles. The molecule has 5 atom stereocenters. The summed E-state index contributed by atoms with van der Waals surface area (Å²) in [4.78, 5) is 17.6. The normalized spacial score (nSPS) is 25.1. The zero-order chi connectivity index (χ0) is 28.0. The molecule has 0 spiro atoms. The summed E-state index contributed by atoms with van der Waals surface area (Å²) in [5.41, 5.74) is 0.641. The molecule has 7 nitrogen and oxygen atoms in total. The van der Waals surface area contributed by atoms with E-state index in [0.29, 0.717) is 44.7 Å². The molecule has 2 aromatic carbocycles. The zero-order valence-electron chi connectivity index (χ0n) is 24.0. The Morgan fingerprint density at radius 2 is 1.79 bits per heavy atom. The molecule has 1 amide bonds.